The summed E-state index contributed by atoms with van der Waals surface area (Å²) in [5, 5.41) is 4.82. The molecule has 3 heterocycles. The van der Waals surface area contributed by atoms with Crippen molar-refractivity contribution in [3.8, 4) is 17.1 Å². The zero-order chi connectivity index (χ0) is 32.0. The fraction of sp³-hybridized carbons (Fsp3) is 0.613. The average molecular weight is 631 g/mol. The van der Waals surface area contributed by atoms with Crippen molar-refractivity contribution < 1.29 is 22.7 Å². The van der Waals surface area contributed by atoms with Crippen molar-refractivity contribution in [2.24, 2.45) is 0 Å². The minimum Gasteiger partial charge on any atom is -0.493 e. The summed E-state index contributed by atoms with van der Waals surface area (Å²) >= 11 is 0. The van der Waals surface area contributed by atoms with Crippen LogP contribution in [0.4, 0.5) is 4.79 Å². The molecular formula is C31H46N6O6S. The summed E-state index contributed by atoms with van der Waals surface area (Å²) in [5.41, 5.74) is 0.989. The maximum atomic E-state index is 13.7. The fourth-order valence-corrected chi connectivity index (χ4v) is 7.03. The van der Waals surface area contributed by atoms with E-state index in [2.05, 4.69) is 18.8 Å². The van der Waals surface area contributed by atoms with Gasteiger partial charge in [0.25, 0.3) is 5.56 Å². The standard InChI is InChI=1S/C31H46N6O6S/c1-7-10-11-12-13-23(8-2)29-32-22(6)27-30(38)33-28(34-37(27)29)25-20-24(14-15-26(25)42-9-3)44(40,41)36-18-16-35(17-19-36)31(39)43-21(4)5/h14-15,20-21,23H,7-13,16-19H2,1-6H3,(H,33,34,38). The number of rotatable bonds is 13. The Hall–Kier alpha value is -3.45. The summed E-state index contributed by atoms with van der Waals surface area (Å²) in [6.07, 6.45) is 5.64. The van der Waals surface area contributed by atoms with Crippen molar-refractivity contribution in [2.75, 3.05) is 32.8 Å². The number of fused-ring (bicyclic) bond motifs is 1. The normalized spacial score (nSPS) is 15.2. The maximum Gasteiger partial charge on any atom is 0.410 e. The molecule has 1 saturated heterocycles. The van der Waals surface area contributed by atoms with Crippen LogP contribution in [0.25, 0.3) is 16.9 Å². The number of sulfonamides is 1. The molecule has 0 spiro atoms. The third-order valence-corrected chi connectivity index (χ3v) is 9.84. The van der Waals surface area contributed by atoms with E-state index >= 15 is 0 Å². The summed E-state index contributed by atoms with van der Waals surface area (Å²) < 4.78 is 41.6. The Morgan fingerprint density at radius 2 is 1.80 bits per heavy atom. The van der Waals surface area contributed by atoms with Gasteiger partial charge in [0.2, 0.25) is 10.0 Å². The van der Waals surface area contributed by atoms with Gasteiger partial charge in [0.1, 0.15) is 11.6 Å². The van der Waals surface area contributed by atoms with E-state index in [1.54, 1.807) is 31.4 Å². The van der Waals surface area contributed by atoms with Gasteiger partial charge in [-0.25, -0.2) is 22.7 Å². The minimum atomic E-state index is -3.93. The summed E-state index contributed by atoms with van der Waals surface area (Å²) in [6.45, 7) is 12.5. The Kier molecular flexibility index (Phi) is 11.1. The highest BCUT2D eigenvalue weighted by atomic mass is 32.2. The van der Waals surface area contributed by atoms with Gasteiger partial charge in [-0.2, -0.15) is 4.31 Å². The van der Waals surface area contributed by atoms with Crippen LogP contribution in [-0.2, 0) is 14.8 Å². The number of aromatic nitrogens is 4. The SMILES string of the molecule is CCCCCCC(CC)c1nc(C)c2c(=O)[nH]c(-c3cc(S(=O)(=O)N4CCN(C(=O)OC(C)C)CC4)ccc3OCC)nn12. The van der Waals surface area contributed by atoms with Crippen LogP contribution >= 0.6 is 0 Å². The summed E-state index contributed by atoms with van der Waals surface area (Å²) in [7, 11) is -3.93. The molecule has 1 aliphatic heterocycles. The molecule has 0 bridgehead atoms. The van der Waals surface area contributed by atoms with Crippen molar-refractivity contribution >= 4 is 21.6 Å². The van der Waals surface area contributed by atoms with Gasteiger partial charge in [0.05, 0.1) is 28.9 Å². The van der Waals surface area contributed by atoms with E-state index in [4.69, 9.17) is 19.6 Å². The van der Waals surface area contributed by atoms with Gasteiger partial charge in [-0.15, -0.1) is 5.10 Å². The predicted octanol–water partition coefficient (Wildman–Crippen LogP) is 5.11. The Bertz CT molecular complexity index is 1610. The quantitative estimate of drug-likeness (QED) is 0.257. The van der Waals surface area contributed by atoms with E-state index in [9.17, 15) is 18.0 Å². The topological polar surface area (TPSA) is 139 Å². The highest BCUT2D eigenvalue weighted by Crippen LogP contribution is 2.33. The molecule has 13 heteroatoms. The molecule has 0 aliphatic carbocycles. The van der Waals surface area contributed by atoms with Crippen LogP contribution in [0.2, 0.25) is 0 Å². The molecule has 1 fully saturated rings. The summed E-state index contributed by atoms with van der Waals surface area (Å²) in [4.78, 5) is 34.9. The number of unbranched alkanes of at least 4 members (excludes halogenated alkanes) is 3. The molecule has 0 radical (unpaired) electrons. The summed E-state index contributed by atoms with van der Waals surface area (Å²) in [5.74, 6) is 1.47. The number of benzene rings is 1. The van der Waals surface area contributed by atoms with E-state index in [0.717, 1.165) is 37.9 Å². The van der Waals surface area contributed by atoms with E-state index in [1.807, 2.05) is 6.92 Å². The van der Waals surface area contributed by atoms with Gasteiger partial charge in [-0.05, 0) is 58.7 Å². The van der Waals surface area contributed by atoms with Crippen molar-refractivity contribution in [3.05, 3.63) is 40.1 Å². The third kappa shape index (κ3) is 7.26. The first-order valence-electron chi connectivity index (χ1n) is 15.7. The fourth-order valence-electron chi connectivity index (χ4n) is 5.58. The zero-order valence-corrected chi connectivity index (χ0v) is 27.6. The van der Waals surface area contributed by atoms with Crippen molar-refractivity contribution in [2.45, 2.75) is 97.0 Å². The number of H-pyrrole nitrogens is 1. The van der Waals surface area contributed by atoms with Gasteiger partial charge in [0.15, 0.2) is 11.3 Å². The molecule has 242 valence electrons. The number of carbonyl (C=O) groups is 1. The molecule has 1 aliphatic rings. The Balaban J connectivity index is 1.70. The lowest BCUT2D eigenvalue weighted by molar-refractivity contribution is 0.0667. The Morgan fingerprint density at radius 3 is 2.43 bits per heavy atom. The zero-order valence-electron chi connectivity index (χ0n) is 26.8. The molecule has 44 heavy (non-hydrogen) atoms. The number of aromatic amines is 1. The van der Waals surface area contributed by atoms with Gasteiger partial charge < -0.3 is 19.4 Å². The number of hydrogen-bond acceptors (Lipinski definition) is 8. The molecule has 1 unspecified atom stereocenters. The van der Waals surface area contributed by atoms with E-state index < -0.39 is 16.1 Å². The molecule has 3 aromatic rings. The molecule has 1 atom stereocenters. The monoisotopic (exact) mass is 630 g/mol. The number of piperazine rings is 1. The largest absolute Gasteiger partial charge is 0.493 e. The van der Waals surface area contributed by atoms with Gasteiger partial charge in [0, 0.05) is 32.1 Å². The van der Waals surface area contributed by atoms with E-state index in [0.29, 0.717) is 29.1 Å². The highest BCUT2D eigenvalue weighted by Gasteiger charge is 2.32. The van der Waals surface area contributed by atoms with Crippen LogP contribution in [-0.4, -0.2) is 82.2 Å². The second kappa shape index (κ2) is 14.6. The van der Waals surface area contributed by atoms with Crippen LogP contribution in [0.15, 0.2) is 27.9 Å². The maximum absolute atomic E-state index is 13.7. The van der Waals surface area contributed by atoms with Crippen LogP contribution in [0, 0.1) is 6.92 Å². The smallest absolute Gasteiger partial charge is 0.410 e. The summed E-state index contributed by atoms with van der Waals surface area (Å²) in [6, 6.07) is 4.58. The number of nitrogens with one attached hydrogen (secondary N) is 1. The number of nitrogens with zero attached hydrogens (tertiary/aromatic N) is 5. The number of ether oxygens (including phenoxy) is 2. The van der Waals surface area contributed by atoms with Gasteiger partial charge >= 0.3 is 6.09 Å². The Labute approximate surface area is 259 Å². The van der Waals surface area contributed by atoms with E-state index in [1.165, 1.54) is 27.8 Å². The first kappa shape index (κ1) is 33.4. The molecule has 12 nitrogen and oxygen atoms in total. The van der Waals surface area contributed by atoms with Crippen LogP contribution in [0.1, 0.15) is 90.6 Å². The molecule has 1 N–H and O–H groups in total. The molecule has 1 aromatic carbocycles. The van der Waals surface area contributed by atoms with Crippen molar-refractivity contribution in [3.63, 3.8) is 0 Å². The number of aryl methyl sites for hydroxylation is 1. The molecule has 1 amide bonds. The van der Waals surface area contributed by atoms with Gasteiger partial charge in [-0.1, -0.05) is 39.5 Å². The van der Waals surface area contributed by atoms with Crippen molar-refractivity contribution in [1.29, 1.82) is 0 Å². The lowest BCUT2D eigenvalue weighted by atomic mass is 9.97. The number of amides is 1. The first-order valence-corrected chi connectivity index (χ1v) is 17.2. The van der Waals surface area contributed by atoms with Crippen LogP contribution in [0.3, 0.4) is 0 Å². The Morgan fingerprint density at radius 1 is 1.07 bits per heavy atom. The molecule has 2 aromatic heterocycles. The number of carbonyl (C=O) groups excluding carboxylic acids is 1. The lowest BCUT2D eigenvalue weighted by Gasteiger charge is -2.33. The third-order valence-electron chi connectivity index (χ3n) is 7.94. The molecule has 4 rings (SSSR count). The van der Waals surface area contributed by atoms with E-state index in [-0.39, 0.29) is 54.5 Å². The first-order chi connectivity index (χ1) is 21.0. The highest BCUT2D eigenvalue weighted by molar-refractivity contribution is 7.89. The second-order valence-electron chi connectivity index (χ2n) is 11.5. The molecule has 0 saturated carbocycles. The second-order valence-corrected chi connectivity index (χ2v) is 13.4. The lowest BCUT2D eigenvalue weighted by Crippen LogP contribution is -2.50. The number of hydrogen-bond donors (Lipinski definition) is 1. The minimum absolute atomic E-state index is 0.0429. The van der Waals surface area contributed by atoms with Crippen molar-refractivity contribution in [1.82, 2.24) is 28.8 Å². The van der Waals surface area contributed by atoms with Crippen LogP contribution < -0.4 is 10.3 Å². The predicted molar refractivity (Wildman–Crippen MR) is 169 cm³/mol. The van der Waals surface area contributed by atoms with Gasteiger partial charge in [-0.3, -0.25) is 4.79 Å². The average Bonchev–Trinajstić information content (AvgIpc) is 3.33. The number of imidazole rings is 1. The van der Waals surface area contributed by atoms with Crippen LogP contribution in [0.5, 0.6) is 5.75 Å². The molecular weight excluding hydrogens is 584 g/mol.